The van der Waals surface area contributed by atoms with E-state index in [2.05, 4.69) is 24.5 Å². The van der Waals surface area contributed by atoms with Crippen molar-refractivity contribution in [2.45, 2.75) is 57.9 Å². The largest absolute Gasteiger partial charge is 0.494 e. The number of nitrogens with zero attached hydrogens (tertiary/aromatic N) is 2. The molecule has 1 unspecified atom stereocenters. The zero-order valence-corrected chi connectivity index (χ0v) is 14.0. The van der Waals surface area contributed by atoms with Crippen molar-refractivity contribution in [2.75, 3.05) is 7.11 Å². The fraction of sp³-hybridized carbons (Fsp3) is 0.588. The van der Waals surface area contributed by atoms with Crippen molar-refractivity contribution in [1.29, 1.82) is 0 Å². The van der Waals surface area contributed by atoms with Crippen LogP contribution < -0.4 is 4.74 Å². The number of aromatic nitrogens is 2. The van der Waals surface area contributed by atoms with Crippen LogP contribution in [0.5, 0.6) is 5.75 Å². The highest BCUT2D eigenvalue weighted by atomic mass is 35.5. The summed E-state index contributed by atoms with van der Waals surface area (Å²) in [6.45, 7) is 4.47. The smallest absolute Gasteiger partial charge is 0.146 e. The second-order valence-electron chi connectivity index (χ2n) is 5.44. The minimum absolute atomic E-state index is 0.435. The topological polar surface area (TPSA) is 27.1 Å². The number of imidazole rings is 1. The Morgan fingerprint density at radius 1 is 1.24 bits per heavy atom. The fourth-order valence-corrected chi connectivity index (χ4v) is 3.17. The molecule has 0 aliphatic carbocycles. The molecule has 1 atom stereocenters. The summed E-state index contributed by atoms with van der Waals surface area (Å²) >= 11 is 6.15. The quantitative estimate of drug-likeness (QED) is 0.617. The van der Waals surface area contributed by atoms with E-state index in [1.54, 1.807) is 7.11 Å². The molecule has 3 nitrogen and oxygen atoms in total. The molecule has 0 aliphatic heterocycles. The lowest BCUT2D eigenvalue weighted by atomic mass is 10.0. The van der Waals surface area contributed by atoms with Gasteiger partial charge in [-0.1, -0.05) is 39.2 Å². The van der Waals surface area contributed by atoms with E-state index in [0.29, 0.717) is 11.9 Å². The van der Waals surface area contributed by atoms with E-state index in [0.717, 1.165) is 29.0 Å². The van der Waals surface area contributed by atoms with Crippen LogP contribution in [-0.4, -0.2) is 16.7 Å². The van der Waals surface area contributed by atoms with Gasteiger partial charge in [-0.25, -0.2) is 4.98 Å². The number of fused-ring (bicyclic) bond motifs is 1. The molecule has 0 fully saturated rings. The number of ether oxygens (including phenoxy) is 1. The number of hydrogen-bond donors (Lipinski definition) is 0. The van der Waals surface area contributed by atoms with E-state index in [1.165, 1.54) is 25.7 Å². The van der Waals surface area contributed by atoms with Crippen LogP contribution in [0.15, 0.2) is 18.2 Å². The standard InChI is InChI=1S/C17H25ClN2O/c1-4-6-9-13(8-5-2)20-14-10-7-11-15(21-3)17(14)19-16(20)12-18/h7,10-11,13H,4-6,8-9,12H2,1-3H3. The lowest BCUT2D eigenvalue weighted by Crippen LogP contribution is -2.12. The summed E-state index contributed by atoms with van der Waals surface area (Å²) in [4.78, 5) is 4.72. The van der Waals surface area contributed by atoms with Crippen LogP contribution in [-0.2, 0) is 5.88 Å². The first-order valence-electron chi connectivity index (χ1n) is 7.86. The lowest BCUT2D eigenvalue weighted by molar-refractivity contribution is 0.416. The van der Waals surface area contributed by atoms with Gasteiger partial charge in [0.05, 0.1) is 18.5 Å². The summed E-state index contributed by atoms with van der Waals surface area (Å²) in [6.07, 6.45) is 5.95. The zero-order chi connectivity index (χ0) is 15.2. The predicted octanol–water partition coefficient (Wildman–Crippen LogP) is 5.32. The van der Waals surface area contributed by atoms with Crippen LogP contribution in [0.1, 0.15) is 57.8 Å². The van der Waals surface area contributed by atoms with Crippen LogP contribution in [0.2, 0.25) is 0 Å². The number of alkyl halides is 1. The fourth-order valence-electron chi connectivity index (χ4n) is 2.98. The van der Waals surface area contributed by atoms with Gasteiger partial charge < -0.3 is 9.30 Å². The highest BCUT2D eigenvalue weighted by Gasteiger charge is 2.19. The van der Waals surface area contributed by atoms with Gasteiger partial charge in [0.2, 0.25) is 0 Å². The molecule has 4 heteroatoms. The number of rotatable bonds is 8. The second kappa shape index (κ2) is 7.69. The molecule has 0 bridgehead atoms. The number of hydrogen-bond acceptors (Lipinski definition) is 2. The summed E-state index contributed by atoms with van der Waals surface area (Å²) in [5, 5.41) is 0. The monoisotopic (exact) mass is 308 g/mol. The molecule has 21 heavy (non-hydrogen) atoms. The van der Waals surface area contributed by atoms with E-state index in [1.807, 2.05) is 12.1 Å². The Morgan fingerprint density at radius 2 is 2.05 bits per heavy atom. The Labute approximate surface area is 132 Å². The molecule has 0 saturated carbocycles. The van der Waals surface area contributed by atoms with Gasteiger partial charge in [-0.2, -0.15) is 0 Å². The third kappa shape index (κ3) is 3.34. The zero-order valence-electron chi connectivity index (χ0n) is 13.2. The molecule has 0 aliphatic rings. The third-order valence-electron chi connectivity index (χ3n) is 3.97. The first-order valence-corrected chi connectivity index (χ1v) is 8.40. The van der Waals surface area contributed by atoms with Gasteiger partial charge in [-0.15, -0.1) is 11.6 Å². The van der Waals surface area contributed by atoms with Crippen molar-refractivity contribution in [1.82, 2.24) is 9.55 Å². The molecule has 0 saturated heterocycles. The van der Waals surface area contributed by atoms with Crippen LogP contribution >= 0.6 is 11.6 Å². The Morgan fingerprint density at radius 3 is 2.67 bits per heavy atom. The predicted molar refractivity (Wildman–Crippen MR) is 89.3 cm³/mol. The molecule has 0 radical (unpaired) electrons. The van der Waals surface area contributed by atoms with E-state index in [4.69, 9.17) is 21.3 Å². The van der Waals surface area contributed by atoms with Gasteiger partial charge in [0.15, 0.2) is 0 Å². The average molecular weight is 309 g/mol. The van der Waals surface area contributed by atoms with Crippen molar-refractivity contribution in [3.63, 3.8) is 0 Å². The molecule has 2 aromatic rings. The lowest BCUT2D eigenvalue weighted by Gasteiger charge is -2.21. The molecule has 0 spiro atoms. The van der Waals surface area contributed by atoms with Crippen LogP contribution in [0.25, 0.3) is 11.0 Å². The summed E-state index contributed by atoms with van der Waals surface area (Å²) in [7, 11) is 1.69. The molecule has 0 N–H and O–H groups in total. The second-order valence-corrected chi connectivity index (χ2v) is 5.71. The maximum absolute atomic E-state index is 6.15. The molecule has 116 valence electrons. The normalized spacial score (nSPS) is 12.8. The Kier molecular flexibility index (Phi) is 5.92. The SMILES string of the molecule is CCCCC(CCC)n1c(CCl)nc2c(OC)cccc21. The number of halogens is 1. The Balaban J connectivity index is 2.53. The summed E-state index contributed by atoms with van der Waals surface area (Å²) in [5.74, 6) is 2.21. The van der Waals surface area contributed by atoms with Crippen molar-refractivity contribution in [2.24, 2.45) is 0 Å². The van der Waals surface area contributed by atoms with Crippen molar-refractivity contribution < 1.29 is 4.74 Å². The number of unbranched alkanes of at least 4 members (excludes halogenated alkanes) is 1. The molecular formula is C17H25ClN2O. The summed E-state index contributed by atoms with van der Waals surface area (Å²) in [5.41, 5.74) is 2.06. The van der Waals surface area contributed by atoms with Gasteiger partial charge >= 0.3 is 0 Å². The molecule has 1 aromatic heterocycles. The highest BCUT2D eigenvalue weighted by Crippen LogP contribution is 2.32. The van der Waals surface area contributed by atoms with Crippen LogP contribution in [0, 0.1) is 0 Å². The van der Waals surface area contributed by atoms with Crippen molar-refractivity contribution >= 4 is 22.6 Å². The number of benzene rings is 1. The van der Waals surface area contributed by atoms with Gasteiger partial charge in [-0.05, 0) is 25.0 Å². The van der Waals surface area contributed by atoms with Gasteiger partial charge in [-0.3, -0.25) is 0 Å². The van der Waals surface area contributed by atoms with Gasteiger partial charge in [0, 0.05) is 6.04 Å². The average Bonchev–Trinajstić information content (AvgIpc) is 2.89. The van der Waals surface area contributed by atoms with E-state index >= 15 is 0 Å². The minimum atomic E-state index is 0.435. The molecule has 2 rings (SSSR count). The molecule has 1 heterocycles. The van der Waals surface area contributed by atoms with Gasteiger partial charge in [0.25, 0.3) is 0 Å². The molecular weight excluding hydrogens is 284 g/mol. The van der Waals surface area contributed by atoms with E-state index in [-0.39, 0.29) is 0 Å². The first-order chi connectivity index (χ1) is 10.3. The summed E-state index contributed by atoms with van der Waals surface area (Å²) < 4.78 is 7.78. The van der Waals surface area contributed by atoms with Crippen LogP contribution in [0.3, 0.4) is 0 Å². The molecule has 1 aromatic carbocycles. The van der Waals surface area contributed by atoms with E-state index < -0.39 is 0 Å². The first kappa shape index (κ1) is 16.2. The third-order valence-corrected chi connectivity index (χ3v) is 4.21. The highest BCUT2D eigenvalue weighted by molar-refractivity contribution is 6.16. The molecule has 0 amide bonds. The van der Waals surface area contributed by atoms with E-state index in [9.17, 15) is 0 Å². The summed E-state index contributed by atoms with van der Waals surface area (Å²) in [6, 6.07) is 6.58. The Hall–Kier alpha value is -1.22. The van der Waals surface area contributed by atoms with Gasteiger partial charge in [0.1, 0.15) is 17.1 Å². The van der Waals surface area contributed by atoms with Crippen molar-refractivity contribution in [3.8, 4) is 5.75 Å². The Bertz CT molecular complexity index is 579. The minimum Gasteiger partial charge on any atom is -0.494 e. The maximum atomic E-state index is 6.15. The van der Waals surface area contributed by atoms with Crippen molar-refractivity contribution in [3.05, 3.63) is 24.0 Å². The van der Waals surface area contributed by atoms with Crippen LogP contribution in [0.4, 0.5) is 0 Å². The number of para-hydroxylation sites is 1. The maximum Gasteiger partial charge on any atom is 0.146 e. The number of methoxy groups -OCH3 is 1.